The van der Waals surface area contributed by atoms with E-state index in [1.165, 1.54) is 12.0 Å². The Hall–Kier alpha value is -3.15. The molecule has 2 heterocycles. The van der Waals surface area contributed by atoms with Crippen molar-refractivity contribution in [3.63, 3.8) is 0 Å². The van der Waals surface area contributed by atoms with Crippen molar-refractivity contribution in [1.29, 1.82) is 0 Å². The molecule has 0 saturated carbocycles. The molecular weight excluding hydrogens is 366 g/mol. The average Bonchev–Trinajstić information content (AvgIpc) is 3.23. The fraction of sp³-hybridized carbons (Fsp3) is 0.348. The summed E-state index contributed by atoms with van der Waals surface area (Å²) >= 11 is 0. The van der Waals surface area contributed by atoms with Crippen LogP contribution in [0.25, 0.3) is 22.8 Å². The highest BCUT2D eigenvalue weighted by Crippen LogP contribution is 2.29. The summed E-state index contributed by atoms with van der Waals surface area (Å²) in [5.74, 6) is 2.02. The highest BCUT2D eigenvalue weighted by atomic mass is 16.5. The van der Waals surface area contributed by atoms with Crippen molar-refractivity contribution in [3.05, 3.63) is 54.1 Å². The molecule has 0 bridgehead atoms. The summed E-state index contributed by atoms with van der Waals surface area (Å²) < 4.78 is 11.3. The summed E-state index contributed by atoms with van der Waals surface area (Å²) in [6, 6.07) is 15.4. The van der Waals surface area contributed by atoms with E-state index >= 15 is 0 Å². The van der Waals surface area contributed by atoms with Gasteiger partial charge in [-0.25, -0.2) is 0 Å². The van der Waals surface area contributed by atoms with Crippen LogP contribution >= 0.6 is 0 Å². The standard InChI is InChI=1S/C23H25N3O3/c1-16-9-11-18(12-10-16)23-24-22(25-29-23)19-7-3-4-8-20(19)28-15-21(27)26-13-5-6-17(2)14-26/h3-4,7-12,17H,5-6,13-15H2,1-2H3/t17-/m1/s1. The maximum absolute atomic E-state index is 12.5. The van der Waals surface area contributed by atoms with Crippen molar-refractivity contribution in [2.75, 3.05) is 19.7 Å². The van der Waals surface area contributed by atoms with E-state index < -0.39 is 0 Å². The number of carbonyl (C=O) groups excluding carboxylic acids is 1. The fourth-order valence-electron chi connectivity index (χ4n) is 3.57. The molecule has 1 saturated heterocycles. The van der Waals surface area contributed by atoms with Crippen LogP contribution in [0.4, 0.5) is 0 Å². The quantitative estimate of drug-likeness (QED) is 0.647. The van der Waals surface area contributed by atoms with Crippen LogP contribution < -0.4 is 4.74 Å². The zero-order valence-corrected chi connectivity index (χ0v) is 16.8. The molecule has 1 aliphatic heterocycles. The van der Waals surface area contributed by atoms with E-state index in [0.717, 1.165) is 25.1 Å². The Balaban J connectivity index is 1.48. The van der Waals surface area contributed by atoms with Gasteiger partial charge in [0.15, 0.2) is 6.61 Å². The predicted octanol–water partition coefficient (Wildman–Crippen LogP) is 4.35. The maximum atomic E-state index is 12.5. The van der Waals surface area contributed by atoms with Crippen molar-refractivity contribution in [3.8, 4) is 28.6 Å². The van der Waals surface area contributed by atoms with Crippen LogP contribution in [-0.2, 0) is 4.79 Å². The van der Waals surface area contributed by atoms with Crippen LogP contribution in [0, 0.1) is 12.8 Å². The van der Waals surface area contributed by atoms with E-state index in [1.807, 2.05) is 60.4 Å². The molecule has 150 valence electrons. The average molecular weight is 391 g/mol. The zero-order valence-electron chi connectivity index (χ0n) is 16.8. The van der Waals surface area contributed by atoms with Gasteiger partial charge < -0.3 is 14.2 Å². The second-order valence-electron chi connectivity index (χ2n) is 7.66. The van der Waals surface area contributed by atoms with Gasteiger partial charge in [0.1, 0.15) is 5.75 Å². The number of hydrogen-bond donors (Lipinski definition) is 0. The minimum Gasteiger partial charge on any atom is -0.483 e. The molecule has 4 rings (SSSR count). The topological polar surface area (TPSA) is 68.5 Å². The number of carbonyl (C=O) groups is 1. The number of ether oxygens (including phenoxy) is 1. The zero-order chi connectivity index (χ0) is 20.2. The van der Waals surface area contributed by atoms with Gasteiger partial charge in [0.25, 0.3) is 11.8 Å². The summed E-state index contributed by atoms with van der Waals surface area (Å²) in [6.45, 7) is 5.82. The second kappa shape index (κ2) is 8.47. The smallest absolute Gasteiger partial charge is 0.260 e. The Labute approximate surface area is 170 Å². The Kier molecular flexibility index (Phi) is 5.60. The second-order valence-corrected chi connectivity index (χ2v) is 7.66. The van der Waals surface area contributed by atoms with Gasteiger partial charge in [-0.1, -0.05) is 41.9 Å². The van der Waals surface area contributed by atoms with Crippen molar-refractivity contribution >= 4 is 5.91 Å². The summed E-state index contributed by atoms with van der Waals surface area (Å²) in [7, 11) is 0. The summed E-state index contributed by atoms with van der Waals surface area (Å²) in [4.78, 5) is 18.9. The van der Waals surface area contributed by atoms with E-state index in [9.17, 15) is 4.79 Å². The monoisotopic (exact) mass is 391 g/mol. The number of aryl methyl sites for hydroxylation is 1. The third-order valence-corrected chi connectivity index (χ3v) is 5.21. The highest BCUT2D eigenvalue weighted by Gasteiger charge is 2.22. The third-order valence-electron chi connectivity index (χ3n) is 5.21. The number of nitrogens with zero attached hydrogens (tertiary/aromatic N) is 3. The lowest BCUT2D eigenvalue weighted by atomic mass is 10.0. The van der Waals surface area contributed by atoms with Crippen LogP contribution in [0.3, 0.4) is 0 Å². The number of likely N-dealkylation sites (tertiary alicyclic amines) is 1. The van der Waals surface area contributed by atoms with Gasteiger partial charge >= 0.3 is 0 Å². The molecule has 6 nitrogen and oxygen atoms in total. The Morgan fingerprint density at radius 1 is 1.21 bits per heavy atom. The van der Waals surface area contributed by atoms with Crippen LogP contribution in [0.1, 0.15) is 25.3 Å². The third kappa shape index (κ3) is 4.47. The van der Waals surface area contributed by atoms with Crippen LogP contribution in [0.2, 0.25) is 0 Å². The van der Waals surface area contributed by atoms with E-state index in [-0.39, 0.29) is 12.5 Å². The molecule has 1 atom stereocenters. The van der Waals surface area contributed by atoms with Crippen molar-refractivity contribution in [2.24, 2.45) is 5.92 Å². The number of benzene rings is 2. The first kappa shape index (κ1) is 19.2. The summed E-state index contributed by atoms with van der Waals surface area (Å²) in [5, 5.41) is 4.11. The van der Waals surface area contributed by atoms with E-state index in [4.69, 9.17) is 9.26 Å². The number of para-hydroxylation sites is 1. The van der Waals surface area contributed by atoms with Gasteiger partial charge in [-0.2, -0.15) is 4.98 Å². The summed E-state index contributed by atoms with van der Waals surface area (Å²) in [5.41, 5.74) is 2.73. The van der Waals surface area contributed by atoms with Gasteiger partial charge in [0.05, 0.1) is 5.56 Å². The molecule has 1 amide bonds. The first-order valence-corrected chi connectivity index (χ1v) is 10.0. The van der Waals surface area contributed by atoms with Crippen molar-refractivity contribution in [2.45, 2.75) is 26.7 Å². The van der Waals surface area contributed by atoms with Crippen LogP contribution in [0.15, 0.2) is 53.1 Å². The minimum absolute atomic E-state index is 0.00635. The highest BCUT2D eigenvalue weighted by molar-refractivity contribution is 5.78. The summed E-state index contributed by atoms with van der Waals surface area (Å²) in [6.07, 6.45) is 2.22. The molecule has 3 aromatic rings. The maximum Gasteiger partial charge on any atom is 0.260 e. The van der Waals surface area contributed by atoms with Gasteiger partial charge in [-0.3, -0.25) is 4.79 Å². The van der Waals surface area contributed by atoms with E-state index in [1.54, 1.807) is 0 Å². The Morgan fingerprint density at radius 2 is 2.00 bits per heavy atom. The number of aromatic nitrogens is 2. The molecule has 29 heavy (non-hydrogen) atoms. The van der Waals surface area contributed by atoms with Crippen LogP contribution in [0.5, 0.6) is 5.75 Å². The molecule has 1 aromatic heterocycles. The van der Waals surface area contributed by atoms with E-state index in [2.05, 4.69) is 17.1 Å². The number of hydrogen-bond acceptors (Lipinski definition) is 5. The molecule has 2 aromatic carbocycles. The molecular formula is C23H25N3O3. The SMILES string of the molecule is Cc1ccc(-c2nc(-c3ccccc3OCC(=O)N3CCC[C@@H](C)C3)no2)cc1. The van der Waals surface area contributed by atoms with Gasteiger partial charge in [-0.15, -0.1) is 0 Å². The normalized spacial score (nSPS) is 16.6. The first-order valence-electron chi connectivity index (χ1n) is 10.0. The molecule has 1 aliphatic rings. The molecule has 0 spiro atoms. The van der Waals surface area contributed by atoms with Crippen LogP contribution in [-0.4, -0.2) is 40.6 Å². The van der Waals surface area contributed by atoms with E-state index in [0.29, 0.717) is 28.9 Å². The first-order chi connectivity index (χ1) is 14.1. The number of rotatable bonds is 5. The molecule has 0 N–H and O–H groups in total. The number of amides is 1. The lowest BCUT2D eigenvalue weighted by Crippen LogP contribution is -2.41. The van der Waals surface area contributed by atoms with Gasteiger partial charge in [0, 0.05) is 18.7 Å². The largest absolute Gasteiger partial charge is 0.483 e. The van der Waals surface area contributed by atoms with Gasteiger partial charge in [-0.05, 0) is 49.9 Å². The lowest BCUT2D eigenvalue weighted by Gasteiger charge is -2.30. The lowest BCUT2D eigenvalue weighted by molar-refractivity contribution is -0.135. The van der Waals surface area contributed by atoms with Crippen molar-refractivity contribution in [1.82, 2.24) is 15.0 Å². The van der Waals surface area contributed by atoms with Crippen molar-refractivity contribution < 1.29 is 14.1 Å². The molecule has 0 unspecified atom stereocenters. The molecule has 0 radical (unpaired) electrons. The molecule has 6 heteroatoms. The van der Waals surface area contributed by atoms with Gasteiger partial charge in [0.2, 0.25) is 5.82 Å². The molecule has 0 aliphatic carbocycles. The fourth-order valence-corrected chi connectivity index (χ4v) is 3.57. The Morgan fingerprint density at radius 3 is 2.79 bits per heavy atom. The number of piperidine rings is 1. The Bertz CT molecular complexity index is 981. The predicted molar refractivity (Wildman–Crippen MR) is 110 cm³/mol. The minimum atomic E-state index is 0.00635. The molecule has 1 fully saturated rings.